The van der Waals surface area contributed by atoms with Crippen molar-refractivity contribution < 1.29 is 9.47 Å². The third-order valence-electron chi connectivity index (χ3n) is 3.17. The van der Waals surface area contributed by atoms with Crippen LogP contribution in [0.1, 0.15) is 12.5 Å². The van der Waals surface area contributed by atoms with Crippen LogP contribution in [-0.2, 0) is 6.61 Å². The Morgan fingerprint density at radius 3 is 2.60 bits per heavy atom. The van der Waals surface area contributed by atoms with E-state index >= 15 is 0 Å². The van der Waals surface area contributed by atoms with Crippen LogP contribution in [0.4, 0.5) is 0 Å². The molecule has 0 amide bonds. The van der Waals surface area contributed by atoms with E-state index in [4.69, 9.17) is 9.47 Å². The van der Waals surface area contributed by atoms with Gasteiger partial charge in [0.05, 0.1) is 6.61 Å². The molecule has 0 aliphatic carbocycles. The lowest BCUT2D eigenvalue weighted by molar-refractivity contribution is 0.272. The maximum absolute atomic E-state index is 6.00. The lowest BCUT2D eigenvalue weighted by Gasteiger charge is -2.13. The molecule has 1 N–H and O–H groups in total. The third kappa shape index (κ3) is 2.48. The van der Waals surface area contributed by atoms with Crippen LogP contribution < -0.4 is 9.47 Å². The topological polar surface area (TPSA) is 34.2 Å². The summed E-state index contributed by atoms with van der Waals surface area (Å²) in [5.74, 6) is 1.59. The summed E-state index contributed by atoms with van der Waals surface area (Å²) in [6.07, 6.45) is 1.91. The van der Waals surface area contributed by atoms with Gasteiger partial charge in [-0.25, -0.2) is 0 Å². The largest absolute Gasteiger partial charge is 0.490 e. The number of aromatic nitrogens is 1. The van der Waals surface area contributed by atoms with Gasteiger partial charge >= 0.3 is 0 Å². The van der Waals surface area contributed by atoms with E-state index in [9.17, 15) is 0 Å². The number of ether oxygens (including phenoxy) is 2. The highest BCUT2D eigenvalue weighted by Crippen LogP contribution is 2.35. The van der Waals surface area contributed by atoms with Gasteiger partial charge in [0.2, 0.25) is 0 Å². The van der Waals surface area contributed by atoms with Gasteiger partial charge in [-0.05, 0) is 30.7 Å². The standard InChI is InChI=1S/C17H17NO2/c1-2-19-16-9-8-15-14(10-11-18-15)17(16)20-12-13-6-4-3-5-7-13/h3-11,18H,2,12H2,1H3. The van der Waals surface area contributed by atoms with Crippen molar-refractivity contribution in [3.8, 4) is 11.5 Å². The SMILES string of the molecule is CCOc1ccc2[nH]ccc2c1OCc1ccccc1. The predicted molar refractivity (Wildman–Crippen MR) is 80.2 cm³/mol. The van der Waals surface area contributed by atoms with Crippen LogP contribution in [0.3, 0.4) is 0 Å². The number of hydrogen-bond donors (Lipinski definition) is 1. The Morgan fingerprint density at radius 1 is 0.950 bits per heavy atom. The molecule has 3 nitrogen and oxygen atoms in total. The first-order valence-electron chi connectivity index (χ1n) is 6.78. The van der Waals surface area contributed by atoms with Crippen LogP contribution in [0.5, 0.6) is 11.5 Å². The number of nitrogens with one attached hydrogen (secondary N) is 1. The minimum Gasteiger partial charge on any atom is -0.490 e. The molecule has 0 atom stereocenters. The van der Waals surface area contributed by atoms with Gasteiger partial charge < -0.3 is 14.5 Å². The van der Waals surface area contributed by atoms with E-state index in [2.05, 4.69) is 17.1 Å². The van der Waals surface area contributed by atoms with E-state index in [1.54, 1.807) is 0 Å². The maximum atomic E-state index is 6.00. The monoisotopic (exact) mass is 267 g/mol. The maximum Gasteiger partial charge on any atom is 0.171 e. The second kappa shape index (κ2) is 5.70. The fraction of sp³-hybridized carbons (Fsp3) is 0.176. The van der Waals surface area contributed by atoms with Gasteiger partial charge in [-0.15, -0.1) is 0 Å². The highest BCUT2D eigenvalue weighted by atomic mass is 16.5. The van der Waals surface area contributed by atoms with Crippen LogP contribution in [0, 0.1) is 0 Å². The Labute approximate surface area is 118 Å². The molecule has 1 aromatic heterocycles. The van der Waals surface area contributed by atoms with E-state index < -0.39 is 0 Å². The molecule has 3 aromatic rings. The van der Waals surface area contributed by atoms with Crippen molar-refractivity contribution in [2.75, 3.05) is 6.61 Å². The average Bonchev–Trinajstić information content (AvgIpc) is 2.96. The van der Waals surface area contributed by atoms with Gasteiger partial charge in [-0.1, -0.05) is 30.3 Å². The van der Waals surface area contributed by atoms with Gasteiger partial charge in [0.15, 0.2) is 11.5 Å². The minimum atomic E-state index is 0.533. The predicted octanol–water partition coefficient (Wildman–Crippen LogP) is 4.15. The van der Waals surface area contributed by atoms with Crippen molar-refractivity contribution in [1.29, 1.82) is 0 Å². The zero-order valence-corrected chi connectivity index (χ0v) is 11.4. The molecule has 0 spiro atoms. The normalized spacial score (nSPS) is 10.7. The summed E-state index contributed by atoms with van der Waals surface area (Å²) in [4.78, 5) is 3.19. The summed E-state index contributed by atoms with van der Waals surface area (Å²) < 4.78 is 11.7. The molecule has 20 heavy (non-hydrogen) atoms. The molecule has 0 saturated heterocycles. The number of rotatable bonds is 5. The third-order valence-corrected chi connectivity index (χ3v) is 3.17. The number of benzene rings is 2. The fourth-order valence-corrected chi connectivity index (χ4v) is 2.23. The fourth-order valence-electron chi connectivity index (χ4n) is 2.23. The van der Waals surface area contributed by atoms with E-state index in [0.29, 0.717) is 13.2 Å². The van der Waals surface area contributed by atoms with Crippen LogP contribution >= 0.6 is 0 Å². The lowest BCUT2D eigenvalue weighted by Crippen LogP contribution is -1.99. The Hall–Kier alpha value is -2.42. The average molecular weight is 267 g/mol. The van der Waals surface area contributed by atoms with Crippen molar-refractivity contribution in [1.82, 2.24) is 4.98 Å². The second-order valence-corrected chi connectivity index (χ2v) is 4.54. The molecule has 0 unspecified atom stereocenters. The van der Waals surface area contributed by atoms with E-state index in [1.807, 2.05) is 49.5 Å². The molecule has 102 valence electrons. The van der Waals surface area contributed by atoms with Gasteiger partial charge in [-0.3, -0.25) is 0 Å². The summed E-state index contributed by atoms with van der Waals surface area (Å²) in [7, 11) is 0. The molecule has 3 heteroatoms. The molecule has 2 aromatic carbocycles. The zero-order chi connectivity index (χ0) is 13.8. The molecular formula is C17H17NO2. The van der Waals surface area contributed by atoms with Crippen molar-refractivity contribution in [3.05, 3.63) is 60.3 Å². The summed E-state index contributed by atoms with van der Waals surface area (Å²) in [5.41, 5.74) is 2.19. The van der Waals surface area contributed by atoms with Gasteiger partial charge in [0.1, 0.15) is 6.61 Å². The molecule has 0 aliphatic heterocycles. The Kier molecular flexibility index (Phi) is 3.59. The van der Waals surface area contributed by atoms with Crippen LogP contribution in [0.15, 0.2) is 54.7 Å². The van der Waals surface area contributed by atoms with Gasteiger partial charge in [-0.2, -0.15) is 0 Å². The number of fused-ring (bicyclic) bond motifs is 1. The molecule has 0 radical (unpaired) electrons. The first-order valence-corrected chi connectivity index (χ1v) is 6.78. The van der Waals surface area contributed by atoms with E-state index in [-0.39, 0.29) is 0 Å². The zero-order valence-electron chi connectivity index (χ0n) is 11.4. The first-order chi connectivity index (χ1) is 9.88. The number of H-pyrrole nitrogens is 1. The van der Waals surface area contributed by atoms with Crippen molar-refractivity contribution in [2.45, 2.75) is 13.5 Å². The van der Waals surface area contributed by atoms with E-state index in [0.717, 1.165) is 28.0 Å². The summed E-state index contributed by atoms with van der Waals surface area (Å²) in [5, 5.41) is 1.05. The molecule has 0 aliphatic rings. The summed E-state index contributed by atoms with van der Waals surface area (Å²) >= 11 is 0. The molecule has 3 rings (SSSR count). The number of aromatic amines is 1. The van der Waals surface area contributed by atoms with Crippen LogP contribution in [-0.4, -0.2) is 11.6 Å². The highest BCUT2D eigenvalue weighted by Gasteiger charge is 2.11. The summed E-state index contributed by atoms with van der Waals surface area (Å²) in [6.45, 7) is 3.13. The Balaban J connectivity index is 1.91. The molecule has 0 saturated carbocycles. The Bertz CT molecular complexity index is 689. The van der Waals surface area contributed by atoms with Gasteiger partial charge in [0, 0.05) is 17.1 Å². The van der Waals surface area contributed by atoms with Crippen molar-refractivity contribution in [2.24, 2.45) is 0 Å². The van der Waals surface area contributed by atoms with Crippen LogP contribution in [0.25, 0.3) is 10.9 Å². The van der Waals surface area contributed by atoms with Crippen molar-refractivity contribution in [3.63, 3.8) is 0 Å². The lowest BCUT2D eigenvalue weighted by atomic mass is 10.2. The molecule has 0 bridgehead atoms. The smallest absolute Gasteiger partial charge is 0.171 e. The first kappa shape index (κ1) is 12.6. The molecule has 0 fully saturated rings. The quantitative estimate of drug-likeness (QED) is 0.753. The van der Waals surface area contributed by atoms with Crippen molar-refractivity contribution >= 4 is 10.9 Å². The Morgan fingerprint density at radius 2 is 1.80 bits per heavy atom. The molecule has 1 heterocycles. The van der Waals surface area contributed by atoms with Crippen LogP contribution in [0.2, 0.25) is 0 Å². The minimum absolute atomic E-state index is 0.533. The van der Waals surface area contributed by atoms with Gasteiger partial charge in [0.25, 0.3) is 0 Å². The molecular weight excluding hydrogens is 250 g/mol. The number of hydrogen-bond acceptors (Lipinski definition) is 2. The highest BCUT2D eigenvalue weighted by molar-refractivity contribution is 5.88. The second-order valence-electron chi connectivity index (χ2n) is 4.54. The summed E-state index contributed by atoms with van der Waals surface area (Å²) in [6, 6.07) is 16.1. The van der Waals surface area contributed by atoms with E-state index in [1.165, 1.54) is 0 Å².